The van der Waals surface area contributed by atoms with E-state index in [4.69, 9.17) is 5.26 Å². The predicted octanol–water partition coefficient (Wildman–Crippen LogP) is 3.51. The van der Waals surface area contributed by atoms with E-state index in [-0.39, 0.29) is 0 Å². The quantitative estimate of drug-likeness (QED) is 0.575. The molecule has 0 spiro atoms. The zero-order valence-corrected chi connectivity index (χ0v) is 9.47. The Kier molecular flexibility index (Phi) is 3.67. The minimum atomic E-state index is -4.78. The molecule has 0 fully saturated rings. The highest BCUT2D eigenvalue weighted by molar-refractivity contribution is 14.1. The SMILES string of the molecule is N#Cc1cc(C(F)(F)F)c(I)c(C(F)F)n1. The molecule has 1 aromatic rings. The summed E-state index contributed by atoms with van der Waals surface area (Å²) in [5.41, 5.74) is -2.97. The van der Waals surface area contributed by atoms with Crippen molar-refractivity contribution in [2.75, 3.05) is 0 Å². The van der Waals surface area contributed by atoms with Gasteiger partial charge in [0.15, 0.2) is 0 Å². The molecule has 8 heteroatoms. The third-order valence-corrected chi connectivity index (χ3v) is 2.74. The zero-order valence-electron chi connectivity index (χ0n) is 7.32. The molecule has 0 saturated heterocycles. The van der Waals surface area contributed by atoms with Crippen molar-refractivity contribution in [2.24, 2.45) is 0 Å². The van der Waals surface area contributed by atoms with E-state index < -0.39 is 33.1 Å². The highest BCUT2D eigenvalue weighted by Gasteiger charge is 2.36. The molecule has 1 heterocycles. The van der Waals surface area contributed by atoms with Crippen molar-refractivity contribution in [3.63, 3.8) is 0 Å². The fraction of sp³-hybridized carbons (Fsp3) is 0.250. The third-order valence-electron chi connectivity index (χ3n) is 1.61. The Morgan fingerprint density at radius 2 is 1.94 bits per heavy atom. The second-order valence-corrected chi connectivity index (χ2v) is 3.74. The highest BCUT2D eigenvalue weighted by atomic mass is 127. The van der Waals surface area contributed by atoms with Crippen LogP contribution in [-0.2, 0) is 6.18 Å². The summed E-state index contributed by atoms with van der Waals surface area (Å²) in [5.74, 6) is 0. The van der Waals surface area contributed by atoms with Gasteiger partial charge in [-0.2, -0.15) is 18.4 Å². The molecule has 2 nitrogen and oxygen atoms in total. The second-order valence-electron chi connectivity index (χ2n) is 2.66. The summed E-state index contributed by atoms with van der Waals surface area (Å²) in [6.45, 7) is 0. The molecule has 0 aliphatic rings. The van der Waals surface area contributed by atoms with E-state index in [9.17, 15) is 22.0 Å². The highest BCUT2D eigenvalue weighted by Crippen LogP contribution is 2.36. The first-order valence-electron chi connectivity index (χ1n) is 3.73. The number of hydrogen-bond acceptors (Lipinski definition) is 2. The summed E-state index contributed by atoms with van der Waals surface area (Å²) in [7, 11) is 0. The summed E-state index contributed by atoms with van der Waals surface area (Å²) in [6, 6.07) is 1.77. The largest absolute Gasteiger partial charge is 0.417 e. The Morgan fingerprint density at radius 1 is 1.38 bits per heavy atom. The number of nitrogens with zero attached hydrogens (tertiary/aromatic N) is 2. The molecular formula is C8H2F5IN2. The van der Waals surface area contributed by atoms with Crippen LogP contribution in [0.5, 0.6) is 0 Å². The number of aromatic nitrogens is 1. The number of hydrogen-bond donors (Lipinski definition) is 0. The fourth-order valence-corrected chi connectivity index (χ4v) is 1.77. The molecule has 0 saturated carbocycles. The maximum Gasteiger partial charge on any atom is 0.417 e. The van der Waals surface area contributed by atoms with Crippen LogP contribution in [-0.4, -0.2) is 4.98 Å². The molecule has 0 aliphatic carbocycles. The van der Waals surface area contributed by atoms with Gasteiger partial charge in [-0.1, -0.05) is 0 Å². The van der Waals surface area contributed by atoms with Gasteiger partial charge in [-0.05, 0) is 28.7 Å². The molecule has 0 aliphatic heterocycles. The van der Waals surface area contributed by atoms with Crippen molar-refractivity contribution in [2.45, 2.75) is 12.6 Å². The third kappa shape index (κ3) is 2.58. The minimum absolute atomic E-state index is 0.452. The Balaban J connectivity index is 3.52. The Labute approximate surface area is 100 Å². The maximum atomic E-state index is 12.4. The van der Waals surface area contributed by atoms with Gasteiger partial charge in [-0.3, -0.25) is 0 Å². The lowest BCUT2D eigenvalue weighted by Crippen LogP contribution is -2.12. The average molecular weight is 348 g/mol. The Morgan fingerprint density at radius 3 is 2.31 bits per heavy atom. The number of halogens is 6. The van der Waals surface area contributed by atoms with Gasteiger partial charge in [0.2, 0.25) is 0 Å². The van der Waals surface area contributed by atoms with Crippen molar-refractivity contribution < 1.29 is 22.0 Å². The lowest BCUT2D eigenvalue weighted by atomic mass is 10.2. The second kappa shape index (κ2) is 4.48. The van der Waals surface area contributed by atoms with E-state index in [1.54, 1.807) is 0 Å². The molecule has 0 aromatic carbocycles. The smallest absolute Gasteiger partial charge is 0.235 e. The zero-order chi connectivity index (χ0) is 12.5. The van der Waals surface area contributed by atoms with Gasteiger partial charge >= 0.3 is 6.18 Å². The Hall–Kier alpha value is -0.980. The molecule has 0 atom stereocenters. The Bertz CT molecular complexity index is 449. The van der Waals surface area contributed by atoms with Crippen LogP contribution in [0.15, 0.2) is 6.07 Å². The molecule has 0 radical (unpaired) electrons. The molecule has 0 N–H and O–H groups in total. The van der Waals surface area contributed by atoms with Crippen molar-refractivity contribution in [3.8, 4) is 6.07 Å². The predicted molar refractivity (Wildman–Crippen MR) is 51.6 cm³/mol. The van der Waals surface area contributed by atoms with Crippen LogP contribution in [0.25, 0.3) is 0 Å². The van der Waals surface area contributed by atoms with Crippen LogP contribution >= 0.6 is 22.6 Å². The number of rotatable bonds is 1. The van der Waals surface area contributed by atoms with E-state index in [0.29, 0.717) is 6.07 Å². The fourth-order valence-electron chi connectivity index (χ4n) is 0.957. The van der Waals surface area contributed by atoms with Crippen LogP contribution in [0.1, 0.15) is 23.4 Å². The van der Waals surface area contributed by atoms with E-state index in [2.05, 4.69) is 4.98 Å². The standard InChI is InChI=1S/C8H2F5IN2/c9-7(10)6-5(14)4(8(11,12)13)1-3(2-15)16-6/h1,7H. The minimum Gasteiger partial charge on any atom is -0.235 e. The summed E-state index contributed by atoms with van der Waals surface area (Å²) in [5, 5.41) is 8.40. The monoisotopic (exact) mass is 348 g/mol. The van der Waals surface area contributed by atoms with Gasteiger partial charge in [0, 0.05) is 0 Å². The topological polar surface area (TPSA) is 36.7 Å². The van der Waals surface area contributed by atoms with E-state index in [0.717, 1.165) is 22.6 Å². The first-order valence-corrected chi connectivity index (χ1v) is 4.81. The van der Waals surface area contributed by atoms with Crippen LogP contribution in [0.4, 0.5) is 22.0 Å². The first-order chi connectivity index (χ1) is 7.27. The molecule has 16 heavy (non-hydrogen) atoms. The molecular weight excluding hydrogens is 346 g/mol. The van der Waals surface area contributed by atoms with Crippen molar-refractivity contribution in [1.29, 1.82) is 5.26 Å². The summed E-state index contributed by atoms with van der Waals surface area (Å²) >= 11 is 1.14. The lowest BCUT2D eigenvalue weighted by molar-refractivity contribution is -0.138. The summed E-state index contributed by atoms with van der Waals surface area (Å²) in [4.78, 5) is 3.15. The van der Waals surface area contributed by atoms with Crippen LogP contribution < -0.4 is 0 Å². The van der Waals surface area contributed by atoms with Gasteiger partial charge < -0.3 is 0 Å². The number of nitriles is 1. The number of alkyl halides is 5. The van der Waals surface area contributed by atoms with Crippen molar-refractivity contribution >= 4 is 22.6 Å². The lowest BCUT2D eigenvalue weighted by Gasteiger charge is -2.12. The number of pyridine rings is 1. The van der Waals surface area contributed by atoms with Gasteiger partial charge in [0.05, 0.1) is 9.13 Å². The molecule has 0 unspecified atom stereocenters. The van der Waals surface area contributed by atoms with Crippen molar-refractivity contribution in [3.05, 3.63) is 26.6 Å². The van der Waals surface area contributed by atoms with E-state index in [1.807, 2.05) is 0 Å². The molecule has 0 amide bonds. The summed E-state index contributed by atoms with van der Waals surface area (Å²) in [6.07, 6.45) is -7.93. The van der Waals surface area contributed by atoms with E-state index in [1.165, 1.54) is 6.07 Å². The van der Waals surface area contributed by atoms with Gasteiger partial charge in [-0.25, -0.2) is 13.8 Å². The average Bonchev–Trinajstić information content (AvgIpc) is 2.15. The van der Waals surface area contributed by atoms with Crippen LogP contribution in [0.2, 0.25) is 0 Å². The molecule has 1 rings (SSSR count). The van der Waals surface area contributed by atoms with Crippen molar-refractivity contribution in [1.82, 2.24) is 4.98 Å². The molecule has 0 bridgehead atoms. The van der Waals surface area contributed by atoms with Gasteiger partial charge in [-0.15, -0.1) is 0 Å². The molecule has 1 aromatic heterocycles. The normalized spacial score (nSPS) is 11.6. The first kappa shape index (κ1) is 13.1. The summed E-state index contributed by atoms with van der Waals surface area (Å²) < 4.78 is 61.3. The maximum absolute atomic E-state index is 12.4. The van der Waals surface area contributed by atoms with Crippen LogP contribution in [0.3, 0.4) is 0 Å². The van der Waals surface area contributed by atoms with Gasteiger partial charge in [0.25, 0.3) is 6.43 Å². The van der Waals surface area contributed by atoms with Crippen LogP contribution in [0, 0.1) is 14.9 Å². The van der Waals surface area contributed by atoms with E-state index >= 15 is 0 Å². The molecule has 86 valence electrons. The van der Waals surface area contributed by atoms with Gasteiger partial charge in [0.1, 0.15) is 17.5 Å².